The van der Waals surface area contributed by atoms with E-state index in [1.807, 2.05) is 0 Å². The molecule has 106 valence electrons. The minimum absolute atomic E-state index is 0.0188. The third-order valence-corrected chi connectivity index (χ3v) is 2.74. The number of aliphatic hydroxyl groups excluding tert-OH is 1. The lowest BCUT2D eigenvalue weighted by atomic mass is 10.2. The van der Waals surface area contributed by atoms with Crippen LogP contribution in [0.5, 0.6) is 0 Å². The summed E-state index contributed by atoms with van der Waals surface area (Å²) >= 11 is 1.34. The molecule has 0 saturated carbocycles. The van der Waals surface area contributed by atoms with Crippen LogP contribution in [-0.4, -0.2) is 54.0 Å². The van der Waals surface area contributed by atoms with E-state index in [4.69, 9.17) is 9.84 Å². The molecule has 0 aromatic rings. The quantitative estimate of drug-likeness (QED) is 0.552. The fraction of sp³-hybridized carbons (Fsp3) is 0.818. The Balaban J connectivity index is 4.31. The highest BCUT2D eigenvalue weighted by molar-refractivity contribution is 7.99. The molecule has 0 radical (unpaired) electrons. The van der Waals surface area contributed by atoms with Gasteiger partial charge in [-0.1, -0.05) is 0 Å². The zero-order valence-electron chi connectivity index (χ0n) is 11.2. The van der Waals surface area contributed by atoms with Crippen LogP contribution in [0.1, 0.15) is 20.8 Å². The van der Waals surface area contributed by atoms with E-state index in [-0.39, 0.29) is 6.61 Å². The highest BCUT2D eigenvalue weighted by atomic mass is 32.2. The smallest absolute Gasteiger partial charge is 0.408 e. The minimum atomic E-state index is -0.776. The number of methoxy groups -OCH3 is 1. The number of carbonyl (C=O) groups is 2. The summed E-state index contributed by atoms with van der Waals surface area (Å²) in [4.78, 5) is 23.0. The van der Waals surface area contributed by atoms with Gasteiger partial charge < -0.3 is 19.9 Å². The second-order valence-electron chi connectivity index (χ2n) is 4.52. The lowest BCUT2D eigenvalue weighted by Gasteiger charge is -2.22. The fourth-order valence-electron chi connectivity index (χ4n) is 1.03. The van der Waals surface area contributed by atoms with E-state index < -0.39 is 23.7 Å². The first kappa shape index (κ1) is 17.1. The first-order valence-corrected chi connectivity index (χ1v) is 6.71. The molecule has 0 aliphatic heterocycles. The van der Waals surface area contributed by atoms with E-state index >= 15 is 0 Å². The van der Waals surface area contributed by atoms with Crippen molar-refractivity contribution < 1.29 is 24.2 Å². The van der Waals surface area contributed by atoms with Crippen molar-refractivity contribution in [3.05, 3.63) is 0 Å². The second-order valence-corrected chi connectivity index (χ2v) is 5.67. The Kier molecular flexibility index (Phi) is 7.77. The molecule has 7 heteroatoms. The summed E-state index contributed by atoms with van der Waals surface area (Å²) in [6, 6.07) is -0.776. The van der Waals surface area contributed by atoms with Gasteiger partial charge in [0, 0.05) is 11.5 Å². The number of ether oxygens (including phenoxy) is 2. The summed E-state index contributed by atoms with van der Waals surface area (Å²) in [5, 5.41) is 11.1. The van der Waals surface area contributed by atoms with Crippen LogP contribution < -0.4 is 5.32 Å². The van der Waals surface area contributed by atoms with Crippen LogP contribution >= 0.6 is 11.8 Å². The van der Waals surface area contributed by atoms with E-state index in [1.165, 1.54) is 18.9 Å². The van der Waals surface area contributed by atoms with Crippen molar-refractivity contribution in [3.63, 3.8) is 0 Å². The molecule has 0 aliphatic rings. The van der Waals surface area contributed by atoms with Gasteiger partial charge in [0.15, 0.2) is 0 Å². The van der Waals surface area contributed by atoms with E-state index in [0.717, 1.165) is 0 Å². The number of carbonyl (C=O) groups excluding carboxylic acids is 2. The number of esters is 1. The van der Waals surface area contributed by atoms with Gasteiger partial charge in [-0.2, -0.15) is 11.8 Å². The summed E-state index contributed by atoms with van der Waals surface area (Å²) in [6.45, 7) is 5.23. The van der Waals surface area contributed by atoms with Crippen LogP contribution in [0.2, 0.25) is 0 Å². The summed E-state index contributed by atoms with van der Waals surface area (Å²) < 4.78 is 9.64. The van der Waals surface area contributed by atoms with Gasteiger partial charge in [0.2, 0.25) is 0 Å². The molecule has 0 fully saturated rings. The molecule has 2 N–H and O–H groups in total. The summed E-state index contributed by atoms with van der Waals surface area (Å²) in [6.07, 6.45) is -0.664. The number of hydrogen-bond acceptors (Lipinski definition) is 6. The molecule has 0 bridgehead atoms. The second kappa shape index (κ2) is 8.20. The molecule has 0 rings (SSSR count). The normalized spacial score (nSPS) is 12.7. The number of aliphatic hydroxyl groups is 1. The molecule has 0 heterocycles. The topological polar surface area (TPSA) is 84.9 Å². The predicted octanol–water partition coefficient (Wildman–Crippen LogP) is 0.778. The molecule has 1 atom stereocenters. The first-order chi connectivity index (χ1) is 8.30. The average Bonchev–Trinajstić information content (AvgIpc) is 2.24. The molecule has 0 aliphatic carbocycles. The minimum Gasteiger partial charge on any atom is -0.467 e. The fourth-order valence-corrected chi connectivity index (χ4v) is 1.78. The number of thioether (sulfide) groups is 1. The lowest BCUT2D eigenvalue weighted by molar-refractivity contribution is -0.142. The summed E-state index contributed by atoms with van der Waals surface area (Å²) in [5.74, 6) is 0.280. The van der Waals surface area contributed by atoms with Crippen LogP contribution in [0.15, 0.2) is 0 Å². The Labute approximate surface area is 111 Å². The van der Waals surface area contributed by atoms with Crippen LogP contribution in [0.25, 0.3) is 0 Å². The van der Waals surface area contributed by atoms with E-state index in [1.54, 1.807) is 20.8 Å². The molecule has 18 heavy (non-hydrogen) atoms. The Hall–Kier alpha value is -0.950. The largest absolute Gasteiger partial charge is 0.467 e. The molecule has 0 aromatic heterocycles. The van der Waals surface area contributed by atoms with Gasteiger partial charge in [0.25, 0.3) is 0 Å². The number of alkyl carbamates (subject to hydrolysis) is 1. The van der Waals surface area contributed by atoms with Gasteiger partial charge in [-0.3, -0.25) is 0 Å². The molecule has 1 amide bonds. The zero-order valence-corrected chi connectivity index (χ0v) is 12.0. The Bertz CT molecular complexity index is 277. The third-order valence-electron chi connectivity index (χ3n) is 1.70. The van der Waals surface area contributed by atoms with Crippen LogP contribution in [0.4, 0.5) is 4.79 Å². The predicted molar refractivity (Wildman–Crippen MR) is 69.6 cm³/mol. The van der Waals surface area contributed by atoms with Crippen molar-refractivity contribution in [3.8, 4) is 0 Å². The number of hydrogen-bond donors (Lipinski definition) is 2. The van der Waals surface area contributed by atoms with Gasteiger partial charge in [-0.05, 0) is 20.8 Å². The highest BCUT2D eigenvalue weighted by Crippen LogP contribution is 2.08. The number of nitrogens with one attached hydrogen (secondary N) is 1. The Morgan fingerprint density at radius 3 is 2.44 bits per heavy atom. The first-order valence-electron chi connectivity index (χ1n) is 5.56. The summed E-state index contributed by atoms with van der Waals surface area (Å²) in [5.41, 5.74) is -0.622. The van der Waals surface area contributed by atoms with Crippen LogP contribution in [-0.2, 0) is 14.3 Å². The molecule has 0 spiro atoms. The van der Waals surface area contributed by atoms with E-state index in [0.29, 0.717) is 11.5 Å². The average molecular weight is 279 g/mol. The van der Waals surface area contributed by atoms with Crippen molar-refractivity contribution >= 4 is 23.8 Å². The van der Waals surface area contributed by atoms with Crippen molar-refractivity contribution in [1.82, 2.24) is 5.32 Å². The maximum Gasteiger partial charge on any atom is 0.408 e. The van der Waals surface area contributed by atoms with E-state index in [9.17, 15) is 9.59 Å². The Morgan fingerprint density at radius 2 is 2.00 bits per heavy atom. The standard InChI is InChI=1S/C11H21NO5S/c1-11(2,3)17-10(15)12-8(9(14)16-4)7-18-6-5-13/h8,13H,5-7H2,1-4H3,(H,12,15). The van der Waals surface area contributed by atoms with Gasteiger partial charge in [-0.25, -0.2) is 9.59 Å². The molecular formula is C11H21NO5S. The maximum absolute atomic E-state index is 11.5. The van der Waals surface area contributed by atoms with Gasteiger partial charge in [0.05, 0.1) is 13.7 Å². The Morgan fingerprint density at radius 1 is 1.39 bits per heavy atom. The molecular weight excluding hydrogens is 258 g/mol. The molecule has 0 aromatic carbocycles. The number of amides is 1. The molecule has 6 nitrogen and oxygen atoms in total. The lowest BCUT2D eigenvalue weighted by Crippen LogP contribution is -2.45. The third kappa shape index (κ3) is 8.19. The SMILES string of the molecule is COC(=O)C(CSCCO)NC(=O)OC(C)(C)C. The van der Waals surface area contributed by atoms with E-state index in [2.05, 4.69) is 10.1 Å². The van der Waals surface area contributed by atoms with Gasteiger partial charge >= 0.3 is 12.1 Å². The maximum atomic E-state index is 11.5. The molecule has 1 unspecified atom stereocenters. The van der Waals surface area contributed by atoms with Crippen LogP contribution in [0.3, 0.4) is 0 Å². The van der Waals surface area contributed by atoms with Crippen molar-refractivity contribution in [2.45, 2.75) is 32.4 Å². The highest BCUT2D eigenvalue weighted by Gasteiger charge is 2.24. The molecule has 0 saturated heterocycles. The monoisotopic (exact) mass is 279 g/mol. The van der Waals surface area contributed by atoms with Gasteiger partial charge in [0.1, 0.15) is 11.6 Å². The summed E-state index contributed by atoms with van der Waals surface area (Å²) in [7, 11) is 1.25. The van der Waals surface area contributed by atoms with Crippen LogP contribution in [0, 0.1) is 0 Å². The van der Waals surface area contributed by atoms with Crippen molar-refractivity contribution in [2.75, 3.05) is 25.2 Å². The zero-order chi connectivity index (χ0) is 14.2. The van der Waals surface area contributed by atoms with Crippen molar-refractivity contribution in [1.29, 1.82) is 0 Å². The van der Waals surface area contributed by atoms with Gasteiger partial charge in [-0.15, -0.1) is 0 Å². The van der Waals surface area contributed by atoms with Crippen molar-refractivity contribution in [2.24, 2.45) is 0 Å². The number of rotatable bonds is 6.